The third kappa shape index (κ3) is 2.31. The van der Waals surface area contributed by atoms with Gasteiger partial charge in [-0.3, -0.25) is 0 Å². The molecule has 0 saturated carbocycles. The van der Waals surface area contributed by atoms with Gasteiger partial charge in [-0.1, -0.05) is 0 Å². The van der Waals surface area contributed by atoms with Crippen molar-refractivity contribution in [2.24, 2.45) is 0 Å². The lowest BCUT2D eigenvalue weighted by Gasteiger charge is -2.09. The van der Waals surface area contributed by atoms with Crippen molar-refractivity contribution in [1.29, 1.82) is 0 Å². The van der Waals surface area contributed by atoms with Gasteiger partial charge in [0.05, 0.1) is 12.7 Å². The van der Waals surface area contributed by atoms with Gasteiger partial charge in [-0.25, -0.2) is 18.6 Å². The molecule has 0 bridgehead atoms. The molecule has 0 atom stereocenters. The molecule has 0 aliphatic rings. The largest absolute Gasteiger partial charge is 0.464 e. The summed E-state index contributed by atoms with van der Waals surface area (Å²) in [6.45, 7) is 1.62. The van der Waals surface area contributed by atoms with E-state index in [0.29, 0.717) is 5.56 Å². The topological polar surface area (TPSA) is 39.2 Å². The molecule has 15 heavy (non-hydrogen) atoms. The number of alkyl halides is 2. The highest BCUT2D eigenvalue weighted by atomic mass is 79.9. The Morgan fingerprint density at radius 1 is 1.60 bits per heavy atom. The van der Waals surface area contributed by atoms with Crippen LogP contribution in [-0.4, -0.2) is 18.1 Å². The van der Waals surface area contributed by atoms with Gasteiger partial charge in [0.25, 0.3) is 6.43 Å². The number of hydrogen-bond donors (Lipinski definition) is 0. The van der Waals surface area contributed by atoms with Crippen molar-refractivity contribution in [2.75, 3.05) is 7.11 Å². The molecule has 0 saturated heterocycles. The first-order valence-electron chi connectivity index (χ1n) is 4.00. The maximum atomic E-state index is 12.7. The van der Waals surface area contributed by atoms with Gasteiger partial charge >= 0.3 is 5.97 Å². The number of esters is 1. The van der Waals surface area contributed by atoms with Crippen LogP contribution in [0.2, 0.25) is 0 Å². The highest BCUT2D eigenvalue weighted by Crippen LogP contribution is 2.31. The summed E-state index contributed by atoms with van der Waals surface area (Å²) in [5.41, 5.74) is -0.246. The summed E-state index contributed by atoms with van der Waals surface area (Å²) >= 11 is 3.00. The third-order valence-electron chi connectivity index (χ3n) is 1.82. The Bertz CT molecular complexity index is 396. The average molecular weight is 280 g/mol. The summed E-state index contributed by atoms with van der Waals surface area (Å²) in [5, 5.41) is 0. The molecule has 6 heteroatoms. The van der Waals surface area contributed by atoms with Crippen LogP contribution in [0, 0.1) is 6.92 Å². The average Bonchev–Trinajstić information content (AvgIpc) is 2.20. The van der Waals surface area contributed by atoms with E-state index in [1.807, 2.05) is 0 Å². The number of aromatic nitrogens is 1. The van der Waals surface area contributed by atoms with E-state index in [4.69, 9.17) is 0 Å². The normalized spacial score (nSPS) is 10.5. The van der Waals surface area contributed by atoms with E-state index in [0.717, 1.165) is 7.11 Å². The van der Waals surface area contributed by atoms with E-state index in [-0.39, 0.29) is 10.2 Å². The van der Waals surface area contributed by atoms with Gasteiger partial charge in [-0.2, -0.15) is 0 Å². The van der Waals surface area contributed by atoms with Gasteiger partial charge in [-0.05, 0) is 28.4 Å². The predicted molar refractivity (Wildman–Crippen MR) is 53.0 cm³/mol. The van der Waals surface area contributed by atoms with E-state index >= 15 is 0 Å². The summed E-state index contributed by atoms with van der Waals surface area (Å²) in [7, 11) is 1.12. The van der Waals surface area contributed by atoms with Crippen LogP contribution in [0.1, 0.15) is 28.0 Å². The van der Waals surface area contributed by atoms with Crippen molar-refractivity contribution in [3.63, 3.8) is 0 Å². The number of hydrogen-bond acceptors (Lipinski definition) is 3. The lowest BCUT2D eigenvalue weighted by molar-refractivity contribution is 0.0581. The second-order valence-electron chi connectivity index (χ2n) is 2.81. The summed E-state index contributed by atoms with van der Waals surface area (Å²) in [5.74, 6) is -0.869. The Hall–Kier alpha value is -1.04. The Morgan fingerprint density at radius 2 is 2.20 bits per heavy atom. The molecule has 0 aliphatic heterocycles. The fourth-order valence-corrected chi connectivity index (χ4v) is 1.53. The Labute approximate surface area is 93.6 Å². The summed E-state index contributed by atoms with van der Waals surface area (Å²) in [6.07, 6.45) is -1.44. The summed E-state index contributed by atoms with van der Waals surface area (Å²) in [4.78, 5) is 14.8. The number of carbonyl (C=O) groups excluding carboxylic acids is 1. The molecule has 1 aromatic rings. The first-order chi connectivity index (χ1) is 6.99. The zero-order chi connectivity index (χ0) is 11.6. The maximum absolute atomic E-state index is 12.7. The zero-order valence-electron chi connectivity index (χ0n) is 8.05. The molecule has 0 N–H and O–H groups in total. The molecule has 82 valence electrons. The maximum Gasteiger partial charge on any atom is 0.357 e. The van der Waals surface area contributed by atoms with E-state index in [2.05, 4.69) is 25.7 Å². The molecule has 1 heterocycles. The van der Waals surface area contributed by atoms with Crippen molar-refractivity contribution >= 4 is 21.9 Å². The van der Waals surface area contributed by atoms with Crippen LogP contribution in [0.5, 0.6) is 0 Å². The van der Waals surface area contributed by atoms with Gasteiger partial charge in [0.15, 0.2) is 5.69 Å². The van der Waals surface area contributed by atoms with Gasteiger partial charge in [0.2, 0.25) is 0 Å². The second kappa shape index (κ2) is 4.65. The van der Waals surface area contributed by atoms with Crippen molar-refractivity contribution in [3.05, 3.63) is 27.5 Å². The second-order valence-corrected chi connectivity index (χ2v) is 3.60. The van der Waals surface area contributed by atoms with Crippen LogP contribution in [-0.2, 0) is 4.74 Å². The van der Waals surface area contributed by atoms with Crippen molar-refractivity contribution < 1.29 is 18.3 Å². The lowest BCUT2D eigenvalue weighted by atomic mass is 10.1. The molecule has 1 aromatic heterocycles. The number of carbonyl (C=O) groups is 1. The van der Waals surface area contributed by atoms with E-state index in [1.165, 1.54) is 6.20 Å². The molecule has 3 nitrogen and oxygen atoms in total. The number of ether oxygens (including phenoxy) is 1. The third-order valence-corrected chi connectivity index (χ3v) is 2.87. The number of nitrogens with zero attached hydrogens (tertiary/aromatic N) is 1. The fraction of sp³-hybridized carbons (Fsp3) is 0.333. The Kier molecular flexibility index (Phi) is 3.73. The summed E-state index contributed by atoms with van der Waals surface area (Å²) < 4.78 is 29.9. The van der Waals surface area contributed by atoms with Crippen LogP contribution in [0.25, 0.3) is 0 Å². The highest BCUT2D eigenvalue weighted by Gasteiger charge is 2.24. The van der Waals surface area contributed by atoms with Gasteiger partial charge < -0.3 is 4.74 Å². The molecule has 0 radical (unpaired) electrons. The minimum Gasteiger partial charge on any atom is -0.464 e. The SMILES string of the molecule is COC(=O)c1ncc(C)c(Br)c1C(F)F. The number of halogens is 3. The molecular formula is C9H8BrF2NO2. The first kappa shape index (κ1) is 12.0. The molecule has 0 fully saturated rings. The van der Waals surface area contributed by atoms with Crippen LogP contribution in [0.4, 0.5) is 8.78 Å². The predicted octanol–water partition coefficient (Wildman–Crippen LogP) is 2.88. The molecule has 1 rings (SSSR count). The first-order valence-corrected chi connectivity index (χ1v) is 4.79. The van der Waals surface area contributed by atoms with Gasteiger partial charge in [0, 0.05) is 10.7 Å². The number of pyridine rings is 1. The van der Waals surface area contributed by atoms with E-state index in [1.54, 1.807) is 6.92 Å². The van der Waals surface area contributed by atoms with E-state index < -0.39 is 18.0 Å². The zero-order valence-corrected chi connectivity index (χ0v) is 9.64. The standard InChI is InChI=1S/C9H8BrF2NO2/c1-4-3-13-7(9(14)15-2)5(6(4)10)8(11)12/h3,8H,1-2H3. The number of aryl methyl sites for hydroxylation is 1. The van der Waals surface area contributed by atoms with Gasteiger partial charge in [0.1, 0.15) is 0 Å². The molecule has 0 amide bonds. The van der Waals surface area contributed by atoms with Crippen molar-refractivity contribution in [3.8, 4) is 0 Å². The monoisotopic (exact) mass is 279 g/mol. The molecule has 0 spiro atoms. The smallest absolute Gasteiger partial charge is 0.357 e. The minimum atomic E-state index is -2.78. The Balaban J connectivity index is 3.40. The van der Waals surface area contributed by atoms with Crippen LogP contribution >= 0.6 is 15.9 Å². The summed E-state index contributed by atoms with van der Waals surface area (Å²) in [6, 6.07) is 0. The lowest BCUT2D eigenvalue weighted by Crippen LogP contribution is -2.10. The van der Waals surface area contributed by atoms with Crippen molar-refractivity contribution in [2.45, 2.75) is 13.3 Å². The quantitative estimate of drug-likeness (QED) is 0.782. The fourth-order valence-electron chi connectivity index (χ4n) is 1.06. The highest BCUT2D eigenvalue weighted by molar-refractivity contribution is 9.10. The molecule has 0 aromatic carbocycles. The molecular weight excluding hydrogens is 272 g/mol. The minimum absolute atomic E-state index is 0.188. The number of rotatable bonds is 2. The van der Waals surface area contributed by atoms with E-state index in [9.17, 15) is 13.6 Å². The van der Waals surface area contributed by atoms with Crippen LogP contribution in [0.15, 0.2) is 10.7 Å². The van der Waals surface area contributed by atoms with Gasteiger partial charge in [-0.15, -0.1) is 0 Å². The van der Waals surface area contributed by atoms with Crippen molar-refractivity contribution in [1.82, 2.24) is 4.98 Å². The Morgan fingerprint density at radius 3 is 2.67 bits per heavy atom. The van der Waals surface area contributed by atoms with Crippen LogP contribution in [0.3, 0.4) is 0 Å². The molecule has 0 unspecified atom stereocenters. The molecule has 0 aliphatic carbocycles. The number of methoxy groups -OCH3 is 1. The van der Waals surface area contributed by atoms with Crippen LogP contribution < -0.4 is 0 Å².